The van der Waals surface area contributed by atoms with Gasteiger partial charge in [-0.25, -0.2) is 9.78 Å². The van der Waals surface area contributed by atoms with Crippen molar-refractivity contribution < 1.29 is 9.90 Å². The number of aromatic carboxylic acids is 1. The Morgan fingerprint density at radius 1 is 1.62 bits per heavy atom. The molecule has 6 nitrogen and oxygen atoms in total. The quantitative estimate of drug-likeness (QED) is 0.752. The van der Waals surface area contributed by atoms with Crippen LogP contribution in [0, 0.1) is 0 Å². The molecule has 0 radical (unpaired) electrons. The highest BCUT2D eigenvalue weighted by atomic mass is 32.1. The van der Waals surface area contributed by atoms with Gasteiger partial charge in [-0.15, -0.1) is 16.4 Å². The molecule has 2 aromatic heterocycles. The van der Waals surface area contributed by atoms with Crippen LogP contribution in [0.2, 0.25) is 0 Å². The third kappa shape index (κ3) is 1.41. The van der Waals surface area contributed by atoms with Crippen LogP contribution < -0.4 is 0 Å². The molecular weight excluding hydrogens is 192 g/mol. The van der Waals surface area contributed by atoms with E-state index < -0.39 is 5.97 Å². The summed E-state index contributed by atoms with van der Waals surface area (Å²) in [5.41, 5.74) is -0.0878. The molecule has 0 bridgehead atoms. The minimum atomic E-state index is -1.09. The van der Waals surface area contributed by atoms with Gasteiger partial charge >= 0.3 is 5.97 Å². The lowest BCUT2D eigenvalue weighted by atomic mass is 10.5. The summed E-state index contributed by atoms with van der Waals surface area (Å²) >= 11 is 1.36. The number of rotatable bonds is 2. The molecule has 2 heterocycles. The lowest BCUT2D eigenvalue weighted by Crippen LogP contribution is -1.95. The van der Waals surface area contributed by atoms with Crippen LogP contribution in [0.15, 0.2) is 17.8 Å². The number of nitrogens with zero attached hydrogens (tertiary/aromatic N) is 4. The maximum absolute atomic E-state index is 10.5. The first-order valence-corrected chi connectivity index (χ1v) is 4.21. The molecule has 66 valence electrons. The Kier molecular flexibility index (Phi) is 1.78. The first-order valence-electron chi connectivity index (χ1n) is 3.33. The third-order valence-corrected chi connectivity index (χ3v) is 2.09. The molecule has 0 unspecified atom stereocenters. The molecule has 1 N–H and O–H groups in total. The molecule has 0 aliphatic rings. The maximum Gasteiger partial charge on any atom is 0.358 e. The summed E-state index contributed by atoms with van der Waals surface area (Å²) in [5.74, 6) is -1.09. The predicted octanol–water partition coefficient (Wildman–Crippen LogP) is 0.422. The van der Waals surface area contributed by atoms with Gasteiger partial charge in [0, 0.05) is 11.6 Å². The number of carbonyl (C=O) groups is 1. The lowest BCUT2D eigenvalue weighted by molar-refractivity contribution is 0.0690. The van der Waals surface area contributed by atoms with Gasteiger partial charge in [-0.2, -0.15) is 4.68 Å². The average molecular weight is 196 g/mol. The predicted molar refractivity (Wildman–Crippen MR) is 44.0 cm³/mol. The summed E-state index contributed by atoms with van der Waals surface area (Å²) in [5, 5.41) is 18.0. The van der Waals surface area contributed by atoms with Crippen molar-refractivity contribution in [1.82, 2.24) is 20.0 Å². The normalized spacial score (nSPS) is 10.2. The fraction of sp³-hybridized carbons (Fsp3) is 0. The van der Waals surface area contributed by atoms with Crippen molar-refractivity contribution in [2.45, 2.75) is 0 Å². The minimum absolute atomic E-state index is 0.0878. The zero-order valence-corrected chi connectivity index (χ0v) is 7.10. The summed E-state index contributed by atoms with van der Waals surface area (Å²) in [4.78, 5) is 14.4. The first-order chi connectivity index (χ1) is 6.27. The Bertz CT molecular complexity index is 422. The number of carboxylic acids is 1. The van der Waals surface area contributed by atoms with E-state index in [1.165, 1.54) is 22.2 Å². The standard InChI is InChI=1S/C6H4N4O2S/c11-5(12)4-3-10(9-8-4)6-7-1-2-13-6/h1-3H,(H,11,12). The zero-order chi connectivity index (χ0) is 9.26. The molecule has 2 rings (SSSR count). The molecule has 0 saturated carbocycles. The maximum atomic E-state index is 10.5. The summed E-state index contributed by atoms with van der Waals surface area (Å²) in [6.45, 7) is 0. The van der Waals surface area contributed by atoms with Crippen molar-refractivity contribution in [1.29, 1.82) is 0 Å². The van der Waals surface area contributed by atoms with E-state index in [-0.39, 0.29) is 5.69 Å². The van der Waals surface area contributed by atoms with E-state index in [9.17, 15) is 4.79 Å². The van der Waals surface area contributed by atoms with E-state index in [1.54, 1.807) is 11.6 Å². The first kappa shape index (κ1) is 7.87. The Labute approximate surface area is 76.5 Å². The molecule has 0 fully saturated rings. The summed E-state index contributed by atoms with van der Waals surface area (Å²) < 4.78 is 1.33. The van der Waals surface area contributed by atoms with Gasteiger partial charge in [-0.1, -0.05) is 5.21 Å². The SMILES string of the molecule is O=C(O)c1cn(-c2nccs2)nn1. The molecule has 0 aliphatic carbocycles. The van der Waals surface area contributed by atoms with E-state index in [1.807, 2.05) is 0 Å². The van der Waals surface area contributed by atoms with E-state index in [0.29, 0.717) is 5.13 Å². The number of thiazole rings is 1. The second-order valence-electron chi connectivity index (χ2n) is 2.17. The average Bonchev–Trinajstić information content (AvgIpc) is 2.75. The Balaban J connectivity index is 2.39. The van der Waals surface area contributed by atoms with Crippen LogP contribution >= 0.6 is 11.3 Å². The van der Waals surface area contributed by atoms with Gasteiger partial charge < -0.3 is 5.11 Å². The van der Waals surface area contributed by atoms with Crippen molar-refractivity contribution in [2.75, 3.05) is 0 Å². The van der Waals surface area contributed by atoms with Crippen LogP contribution in [0.4, 0.5) is 0 Å². The van der Waals surface area contributed by atoms with E-state index >= 15 is 0 Å². The van der Waals surface area contributed by atoms with Crippen LogP contribution in [0.5, 0.6) is 0 Å². The monoisotopic (exact) mass is 196 g/mol. The molecule has 0 saturated heterocycles. The van der Waals surface area contributed by atoms with Gasteiger partial charge in [-0.05, 0) is 0 Å². The van der Waals surface area contributed by atoms with Crippen molar-refractivity contribution in [3.8, 4) is 5.13 Å². The van der Waals surface area contributed by atoms with E-state index in [0.717, 1.165) is 0 Å². The summed E-state index contributed by atoms with van der Waals surface area (Å²) in [6.07, 6.45) is 2.93. The fourth-order valence-corrected chi connectivity index (χ4v) is 1.35. The van der Waals surface area contributed by atoms with Crippen LogP contribution in [0.3, 0.4) is 0 Å². The highest BCUT2D eigenvalue weighted by Crippen LogP contribution is 2.09. The second kappa shape index (κ2) is 2.94. The van der Waals surface area contributed by atoms with Crippen molar-refractivity contribution in [3.05, 3.63) is 23.5 Å². The molecule has 0 aliphatic heterocycles. The van der Waals surface area contributed by atoms with Gasteiger partial charge in [0.25, 0.3) is 0 Å². The fourth-order valence-electron chi connectivity index (χ4n) is 0.784. The highest BCUT2D eigenvalue weighted by Gasteiger charge is 2.09. The highest BCUT2D eigenvalue weighted by molar-refractivity contribution is 7.12. The van der Waals surface area contributed by atoms with Gasteiger partial charge in [0.15, 0.2) is 5.69 Å². The van der Waals surface area contributed by atoms with Crippen LogP contribution in [-0.2, 0) is 0 Å². The number of hydrogen-bond acceptors (Lipinski definition) is 5. The molecular formula is C6H4N4O2S. The lowest BCUT2D eigenvalue weighted by Gasteiger charge is -1.88. The number of aromatic nitrogens is 4. The van der Waals surface area contributed by atoms with Crippen molar-refractivity contribution >= 4 is 17.3 Å². The minimum Gasteiger partial charge on any atom is -0.476 e. The van der Waals surface area contributed by atoms with Crippen LogP contribution in [0.25, 0.3) is 5.13 Å². The van der Waals surface area contributed by atoms with Gasteiger partial charge in [0.2, 0.25) is 5.13 Å². The van der Waals surface area contributed by atoms with Crippen LogP contribution in [-0.4, -0.2) is 31.1 Å². The topological polar surface area (TPSA) is 80.9 Å². The molecule has 2 aromatic rings. The molecule has 0 amide bonds. The van der Waals surface area contributed by atoms with Crippen LogP contribution in [0.1, 0.15) is 10.5 Å². The van der Waals surface area contributed by atoms with Gasteiger partial charge in [0.05, 0.1) is 6.20 Å². The summed E-state index contributed by atoms with van der Waals surface area (Å²) in [7, 11) is 0. The van der Waals surface area contributed by atoms with E-state index in [2.05, 4.69) is 15.3 Å². The number of carboxylic acid groups (broad SMARTS) is 1. The second-order valence-corrected chi connectivity index (χ2v) is 3.04. The van der Waals surface area contributed by atoms with Crippen molar-refractivity contribution in [3.63, 3.8) is 0 Å². The molecule has 7 heteroatoms. The smallest absolute Gasteiger partial charge is 0.358 e. The summed E-state index contributed by atoms with van der Waals surface area (Å²) in [6, 6.07) is 0. The zero-order valence-electron chi connectivity index (χ0n) is 6.28. The Hall–Kier alpha value is -1.76. The van der Waals surface area contributed by atoms with Gasteiger partial charge in [-0.3, -0.25) is 0 Å². The van der Waals surface area contributed by atoms with Gasteiger partial charge in [0.1, 0.15) is 0 Å². The number of hydrogen-bond donors (Lipinski definition) is 1. The Morgan fingerprint density at radius 2 is 2.46 bits per heavy atom. The van der Waals surface area contributed by atoms with E-state index in [4.69, 9.17) is 5.11 Å². The molecule has 0 spiro atoms. The Morgan fingerprint density at radius 3 is 3.00 bits per heavy atom. The molecule has 0 atom stereocenters. The largest absolute Gasteiger partial charge is 0.476 e. The third-order valence-electron chi connectivity index (χ3n) is 1.33. The van der Waals surface area contributed by atoms with Crippen molar-refractivity contribution in [2.24, 2.45) is 0 Å². The molecule has 13 heavy (non-hydrogen) atoms. The molecule has 0 aromatic carbocycles.